The van der Waals surface area contributed by atoms with Crippen LogP contribution in [0.15, 0.2) is 60.0 Å². The molecule has 0 bridgehead atoms. The molecule has 0 radical (unpaired) electrons. The van der Waals surface area contributed by atoms with Crippen molar-refractivity contribution in [3.8, 4) is 5.82 Å². The fourth-order valence-electron chi connectivity index (χ4n) is 2.46. The van der Waals surface area contributed by atoms with E-state index in [-0.39, 0.29) is 30.0 Å². The Kier molecular flexibility index (Phi) is 7.88. The lowest BCUT2D eigenvalue weighted by Crippen LogP contribution is -2.34. The van der Waals surface area contributed by atoms with Crippen LogP contribution in [-0.2, 0) is 6.54 Å². The first-order chi connectivity index (χ1) is 12.5. The van der Waals surface area contributed by atoms with Crippen molar-refractivity contribution in [3.05, 3.63) is 76.2 Å². The van der Waals surface area contributed by atoms with Gasteiger partial charge < -0.3 is 11.1 Å². The Hall–Kier alpha value is -1.84. The average molecular weight is 517 g/mol. The molecule has 0 saturated carbocycles. The summed E-state index contributed by atoms with van der Waals surface area (Å²) < 4.78 is 1.69. The Morgan fingerprint density at radius 2 is 2.07 bits per heavy atom. The Labute approximate surface area is 184 Å². The first-order valence-corrected chi connectivity index (χ1v) is 8.75. The fraction of sp³-hybridized carbons (Fsp3) is 0.167. The van der Waals surface area contributed by atoms with Crippen molar-refractivity contribution in [1.29, 1.82) is 0 Å². The van der Waals surface area contributed by atoms with Gasteiger partial charge in [-0.2, -0.15) is 5.10 Å². The third-order valence-corrected chi connectivity index (χ3v) is 4.34. The number of nitrogens with two attached hydrogens (primary N) is 1. The van der Waals surface area contributed by atoms with Gasteiger partial charge in [-0.3, -0.25) is 0 Å². The predicted molar refractivity (Wildman–Crippen MR) is 120 cm³/mol. The summed E-state index contributed by atoms with van der Waals surface area (Å²) in [5, 5.41) is 8.49. The molecule has 9 heteroatoms. The van der Waals surface area contributed by atoms with Gasteiger partial charge in [-0.15, -0.1) is 24.0 Å². The van der Waals surface area contributed by atoms with E-state index in [1.54, 1.807) is 29.2 Å². The van der Waals surface area contributed by atoms with Gasteiger partial charge >= 0.3 is 0 Å². The molecule has 0 aliphatic rings. The molecular formula is C18H19Cl2IN6. The zero-order chi connectivity index (χ0) is 18.5. The van der Waals surface area contributed by atoms with E-state index in [4.69, 9.17) is 28.9 Å². The third-order valence-electron chi connectivity index (χ3n) is 3.77. The molecule has 3 rings (SSSR count). The Balaban J connectivity index is 0.00000261. The van der Waals surface area contributed by atoms with Crippen LogP contribution in [0.1, 0.15) is 24.1 Å². The summed E-state index contributed by atoms with van der Waals surface area (Å²) in [5.74, 6) is 1.07. The highest BCUT2D eigenvalue weighted by Crippen LogP contribution is 2.25. The molecule has 142 valence electrons. The van der Waals surface area contributed by atoms with Gasteiger partial charge in [0, 0.05) is 28.6 Å². The van der Waals surface area contributed by atoms with Crippen molar-refractivity contribution in [2.75, 3.05) is 0 Å². The number of aromatic nitrogens is 3. The summed E-state index contributed by atoms with van der Waals surface area (Å²) in [6.07, 6.45) is 5.27. The van der Waals surface area contributed by atoms with Gasteiger partial charge in [-0.25, -0.2) is 14.7 Å². The molecule has 6 nitrogen and oxygen atoms in total. The van der Waals surface area contributed by atoms with Crippen LogP contribution in [-0.4, -0.2) is 20.7 Å². The quantitative estimate of drug-likeness (QED) is 0.300. The topological polar surface area (TPSA) is 81.1 Å². The van der Waals surface area contributed by atoms with Gasteiger partial charge in [0.05, 0.1) is 12.6 Å². The first kappa shape index (κ1) is 21.5. The number of aliphatic imine (C=N–C) groups is 1. The molecule has 1 aromatic carbocycles. The molecule has 2 aromatic heterocycles. The number of guanidine groups is 1. The van der Waals surface area contributed by atoms with Gasteiger partial charge in [-0.05, 0) is 48.4 Å². The highest BCUT2D eigenvalue weighted by atomic mass is 127. The minimum Gasteiger partial charge on any atom is -0.370 e. The molecule has 27 heavy (non-hydrogen) atoms. The van der Waals surface area contributed by atoms with E-state index >= 15 is 0 Å². The second kappa shape index (κ2) is 9.91. The maximum Gasteiger partial charge on any atom is 0.189 e. The number of benzene rings is 1. The second-order valence-corrected chi connectivity index (χ2v) is 6.55. The number of hydrogen-bond acceptors (Lipinski definition) is 3. The highest BCUT2D eigenvalue weighted by molar-refractivity contribution is 14.0. The van der Waals surface area contributed by atoms with Crippen molar-refractivity contribution in [2.45, 2.75) is 19.5 Å². The van der Waals surface area contributed by atoms with Crippen LogP contribution >= 0.6 is 47.2 Å². The van der Waals surface area contributed by atoms with E-state index < -0.39 is 0 Å². The Morgan fingerprint density at radius 3 is 2.78 bits per heavy atom. The smallest absolute Gasteiger partial charge is 0.189 e. The Bertz CT molecular complexity index is 914. The van der Waals surface area contributed by atoms with E-state index in [0.29, 0.717) is 22.5 Å². The van der Waals surface area contributed by atoms with Crippen molar-refractivity contribution in [2.24, 2.45) is 10.7 Å². The zero-order valence-electron chi connectivity index (χ0n) is 14.5. The van der Waals surface area contributed by atoms with Gasteiger partial charge in [0.25, 0.3) is 0 Å². The van der Waals surface area contributed by atoms with Crippen LogP contribution in [0, 0.1) is 0 Å². The molecule has 0 saturated heterocycles. The third kappa shape index (κ3) is 5.82. The molecule has 0 aliphatic carbocycles. The number of nitrogens with zero attached hydrogens (tertiary/aromatic N) is 4. The maximum absolute atomic E-state index is 6.23. The minimum atomic E-state index is -0.0967. The Morgan fingerprint density at radius 1 is 1.26 bits per heavy atom. The van der Waals surface area contributed by atoms with E-state index in [0.717, 1.165) is 16.9 Å². The lowest BCUT2D eigenvalue weighted by atomic mass is 10.1. The average Bonchev–Trinajstić information content (AvgIpc) is 3.15. The van der Waals surface area contributed by atoms with Crippen LogP contribution in [0.4, 0.5) is 0 Å². The van der Waals surface area contributed by atoms with Crippen molar-refractivity contribution >= 4 is 53.1 Å². The summed E-state index contributed by atoms with van der Waals surface area (Å²) in [6.45, 7) is 2.39. The van der Waals surface area contributed by atoms with E-state index in [1.807, 2.05) is 37.4 Å². The van der Waals surface area contributed by atoms with Gasteiger partial charge in [-0.1, -0.05) is 29.3 Å². The van der Waals surface area contributed by atoms with Gasteiger partial charge in [0.1, 0.15) is 0 Å². The van der Waals surface area contributed by atoms with E-state index in [9.17, 15) is 0 Å². The molecule has 0 fully saturated rings. The maximum atomic E-state index is 6.23. The predicted octanol–water partition coefficient (Wildman–Crippen LogP) is 4.36. The number of pyridine rings is 1. The molecule has 0 spiro atoms. The summed E-state index contributed by atoms with van der Waals surface area (Å²) >= 11 is 12.2. The summed E-state index contributed by atoms with van der Waals surface area (Å²) in [5.41, 5.74) is 7.89. The summed E-state index contributed by atoms with van der Waals surface area (Å²) in [6, 6.07) is 10.9. The lowest BCUT2D eigenvalue weighted by molar-refractivity contribution is 0.708. The second-order valence-electron chi connectivity index (χ2n) is 5.71. The first-order valence-electron chi connectivity index (χ1n) is 7.99. The molecule has 1 unspecified atom stereocenters. The fourth-order valence-corrected chi connectivity index (χ4v) is 3.04. The van der Waals surface area contributed by atoms with E-state index in [1.165, 1.54) is 0 Å². The monoisotopic (exact) mass is 516 g/mol. The molecule has 3 N–H and O–H groups in total. The van der Waals surface area contributed by atoms with Crippen molar-refractivity contribution in [3.63, 3.8) is 0 Å². The lowest BCUT2D eigenvalue weighted by Gasteiger charge is -2.16. The molecule has 2 heterocycles. The van der Waals surface area contributed by atoms with Crippen LogP contribution in [0.25, 0.3) is 5.82 Å². The van der Waals surface area contributed by atoms with Crippen molar-refractivity contribution < 1.29 is 0 Å². The van der Waals surface area contributed by atoms with Crippen LogP contribution in [0.2, 0.25) is 10.0 Å². The normalized spacial score (nSPS) is 12.3. The van der Waals surface area contributed by atoms with Gasteiger partial charge in [0.15, 0.2) is 11.8 Å². The molecular weight excluding hydrogens is 498 g/mol. The SMILES string of the molecule is CC(NC(N)=NCc1ccnc(-n2cccn2)c1)c1ccc(Cl)cc1Cl.I. The molecule has 1 atom stereocenters. The number of nitrogens with one attached hydrogen (secondary N) is 1. The number of halogens is 3. The zero-order valence-corrected chi connectivity index (χ0v) is 18.4. The summed E-state index contributed by atoms with van der Waals surface area (Å²) in [4.78, 5) is 8.68. The molecule has 3 aromatic rings. The number of hydrogen-bond donors (Lipinski definition) is 2. The largest absolute Gasteiger partial charge is 0.370 e. The van der Waals surface area contributed by atoms with Crippen molar-refractivity contribution in [1.82, 2.24) is 20.1 Å². The van der Waals surface area contributed by atoms with E-state index in [2.05, 4.69) is 20.4 Å². The minimum absolute atomic E-state index is 0. The standard InChI is InChI=1S/C18H18Cl2N6.HI/c1-12(15-4-3-14(19)10-16(15)20)25-18(21)23-11-13-5-7-22-17(9-13)26-8-2-6-24-26;/h2-10,12H,11H2,1H3,(H3,21,23,25);1H. The van der Waals surface area contributed by atoms with Gasteiger partial charge in [0.2, 0.25) is 0 Å². The molecule has 0 aliphatic heterocycles. The number of rotatable bonds is 5. The van der Waals surface area contributed by atoms with Crippen LogP contribution in [0.3, 0.4) is 0 Å². The summed E-state index contributed by atoms with van der Waals surface area (Å²) in [7, 11) is 0. The molecule has 0 amide bonds. The highest BCUT2D eigenvalue weighted by Gasteiger charge is 2.10. The van der Waals surface area contributed by atoms with Crippen LogP contribution in [0.5, 0.6) is 0 Å². The van der Waals surface area contributed by atoms with Crippen LogP contribution < -0.4 is 11.1 Å².